The first-order chi connectivity index (χ1) is 6.81. The third-order valence-electron chi connectivity index (χ3n) is 2.10. The molecule has 3 heteroatoms. The number of nitrogens with two attached hydrogens (primary N) is 1. The summed E-state index contributed by atoms with van der Waals surface area (Å²) in [5.41, 5.74) is 7.47. The molecule has 0 radical (unpaired) electrons. The van der Waals surface area contributed by atoms with Crippen LogP contribution in [0.5, 0.6) is 0 Å². The van der Waals surface area contributed by atoms with E-state index < -0.39 is 0 Å². The van der Waals surface area contributed by atoms with Crippen LogP contribution in [0.4, 0.5) is 4.39 Å². The molecule has 0 atom stereocenters. The Balaban J connectivity index is 2.46. The Bertz CT molecular complexity index is 423. The Morgan fingerprint density at radius 1 is 1.29 bits per heavy atom. The molecule has 14 heavy (non-hydrogen) atoms. The number of hydrogen-bond acceptors (Lipinski definition) is 2. The highest BCUT2D eigenvalue weighted by atomic mass is 19.1. The molecular formula is C11H10FNO. The van der Waals surface area contributed by atoms with E-state index in [2.05, 4.69) is 0 Å². The Kier molecular flexibility index (Phi) is 2.33. The topological polar surface area (TPSA) is 39.2 Å². The van der Waals surface area contributed by atoms with Gasteiger partial charge in [0.15, 0.2) is 0 Å². The van der Waals surface area contributed by atoms with E-state index in [9.17, 15) is 4.39 Å². The molecule has 0 bridgehead atoms. The maximum atomic E-state index is 13.5. The lowest BCUT2D eigenvalue weighted by molar-refractivity contribution is 0.567. The van der Waals surface area contributed by atoms with Crippen LogP contribution >= 0.6 is 0 Å². The van der Waals surface area contributed by atoms with Crippen LogP contribution in [0.2, 0.25) is 0 Å². The summed E-state index contributed by atoms with van der Waals surface area (Å²) in [7, 11) is 0. The quantitative estimate of drug-likeness (QED) is 0.792. The summed E-state index contributed by atoms with van der Waals surface area (Å²) in [6.07, 6.45) is 3.03. The fourth-order valence-corrected chi connectivity index (χ4v) is 1.34. The molecule has 0 saturated carbocycles. The van der Waals surface area contributed by atoms with Crippen LogP contribution < -0.4 is 5.73 Å². The van der Waals surface area contributed by atoms with Crippen LogP contribution in [0.25, 0.3) is 11.1 Å². The van der Waals surface area contributed by atoms with Gasteiger partial charge in [-0.05, 0) is 17.7 Å². The molecule has 2 rings (SSSR count). The first-order valence-corrected chi connectivity index (χ1v) is 4.32. The van der Waals surface area contributed by atoms with Gasteiger partial charge in [-0.1, -0.05) is 12.1 Å². The second kappa shape index (κ2) is 3.64. The van der Waals surface area contributed by atoms with Gasteiger partial charge in [0, 0.05) is 17.7 Å². The highest BCUT2D eigenvalue weighted by Gasteiger charge is 2.06. The van der Waals surface area contributed by atoms with E-state index in [1.165, 1.54) is 18.6 Å². The van der Waals surface area contributed by atoms with Crippen LogP contribution in [-0.4, -0.2) is 0 Å². The van der Waals surface area contributed by atoms with E-state index in [4.69, 9.17) is 10.2 Å². The maximum absolute atomic E-state index is 13.5. The Morgan fingerprint density at radius 2 is 2.14 bits per heavy atom. The van der Waals surface area contributed by atoms with E-state index in [-0.39, 0.29) is 5.82 Å². The fourth-order valence-electron chi connectivity index (χ4n) is 1.34. The van der Waals surface area contributed by atoms with Crippen LogP contribution in [0, 0.1) is 5.82 Å². The molecule has 1 aromatic heterocycles. The summed E-state index contributed by atoms with van der Waals surface area (Å²) in [5, 5.41) is 0. The smallest absolute Gasteiger partial charge is 0.131 e. The summed E-state index contributed by atoms with van der Waals surface area (Å²) < 4.78 is 18.4. The molecule has 0 saturated heterocycles. The molecule has 1 aromatic carbocycles. The van der Waals surface area contributed by atoms with Crippen molar-refractivity contribution in [2.24, 2.45) is 5.73 Å². The largest absolute Gasteiger partial charge is 0.472 e. The number of hydrogen-bond donors (Lipinski definition) is 1. The van der Waals surface area contributed by atoms with Crippen molar-refractivity contribution in [2.75, 3.05) is 0 Å². The first kappa shape index (κ1) is 8.97. The summed E-state index contributed by atoms with van der Waals surface area (Å²) in [6, 6.07) is 6.69. The summed E-state index contributed by atoms with van der Waals surface area (Å²) in [6.45, 7) is 0.350. The van der Waals surface area contributed by atoms with Crippen molar-refractivity contribution < 1.29 is 8.81 Å². The number of rotatable bonds is 2. The number of benzene rings is 1. The van der Waals surface area contributed by atoms with Gasteiger partial charge in [-0.3, -0.25) is 0 Å². The standard InChI is InChI=1S/C11H10FNO/c12-11-5-8(6-13)1-2-10(11)9-3-4-14-7-9/h1-5,7H,6,13H2. The zero-order valence-corrected chi connectivity index (χ0v) is 7.53. The minimum absolute atomic E-state index is 0.269. The van der Waals surface area contributed by atoms with E-state index in [0.717, 1.165) is 11.1 Å². The molecule has 0 aliphatic rings. The van der Waals surface area contributed by atoms with Gasteiger partial charge in [0.2, 0.25) is 0 Å². The monoisotopic (exact) mass is 191 g/mol. The van der Waals surface area contributed by atoms with Crippen molar-refractivity contribution in [3.8, 4) is 11.1 Å². The predicted molar refractivity (Wildman–Crippen MR) is 52.0 cm³/mol. The minimum Gasteiger partial charge on any atom is -0.472 e. The second-order valence-corrected chi connectivity index (χ2v) is 3.03. The van der Waals surface area contributed by atoms with E-state index >= 15 is 0 Å². The fraction of sp³-hybridized carbons (Fsp3) is 0.0909. The van der Waals surface area contributed by atoms with E-state index in [0.29, 0.717) is 12.1 Å². The van der Waals surface area contributed by atoms with Crippen molar-refractivity contribution in [3.63, 3.8) is 0 Å². The third kappa shape index (κ3) is 1.54. The van der Waals surface area contributed by atoms with Crippen LogP contribution in [0.15, 0.2) is 41.2 Å². The van der Waals surface area contributed by atoms with Crippen LogP contribution in [0.3, 0.4) is 0 Å². The lowest BCUT2D eigenvalue weighted by atomic mass is 10.1. The van der Waals surface area contributed by atoms with Gasteiger partial charge in [0.05, 0.1) is 12.5 Å². The van der Waals surface area contributed by atoms with Gasteiger partial charge in [-0.25, -0.2) is 4.39 Å². The molecule has 0 unspecified atom stereocenters. The minimum atomic E-state index is -0.269. The van der Waals surface area contributed by atoms with Crippen molar-refractivity contribution in [2.45, 2.75) is 6.54 Å². The maximum Gasteiger partial charge on any atom is 0.131 e. The van der Waals surface area contributed by atoms with Gasteiger partial charge in [-0.2, -0.15) is 0 Å². The van der Waals surface area contributed by atoms with Crippen molar-refractivity contribution in [1.82, 2.24) is 0 Å². The molecule has 1 heterocycles. The molecule has 0 aliphatic carbocycles. The number of furan rings is 1. The zero-order valence-electron chi connectivity index (χ0n) is 7.53. The SMILES string of the molecule is NCc1ccc(-c2ccoc2)c(F)c1. The van der Waals surface area contributed by atoms with E-state index in [1.807, 2.05) is 6.07 Å². The Hall–Kier alpha value is -1.61. The van der Waals surface area contributed by atoms with Gasteiger partial charge >= 0.3 is 0 Å². The molecule has 0 amide bonds. The molecule has 0 aliphatic heterocycles. The van der Waals surface area contributed by atoms with Gasteiger partial charge < -0.3 is 10.2 Å². The summed E-state index contributed by atoms with van der Waals surface area (Å²) in [4.78, 5) is 0. The first-order valence-electron chi connectivity index (χ1n) is 4.32. The molecule has 0 fully saturated rings. The zero-order chi connectivity index (χ0) is 9.97. The summed E-state index contributed by atoms with van der Waals surface area (Å²) in [5.74, 6) is -0.269. The predicted octanol–water partition coefficient (Wildman–Crippen LogP) is 2.54. The third-order valence-corrected chi connectivity index (χ3v) is 2.10. The average Bonchev–Trinajstić information content (AvgIpc) is 2.70. The van der Waals surface area contributed by atoms with Crippen molar-refractivity contribution in [1.29, 1.82) is 0 Å². The molecule has 2 N–H and O–H groups in total. The molecule has 2 aromatic rings. The molecule has 72 valence electrons. The van der Waals surface area contributed by atoms with Crippen molar-refractivity contribution >= 4 is 0 Å². The Labute approximate surface area is 81.2 Å². The van der Waals surface area contributed by atoms with Crippen LogP contribution in [-0.2, 0) is 6.54 Å². The average molecular weight is 191 g/mol. The van der Waals surface area contributed by atoms with Gasteiger partial charge in [0.25, 0.3) is 0 Å². The molecule has 0 spiro atoms. The highest BCUT2D eigenvalue weighted by Crippen LogP contribution is 2.23. The summed E-state index contributed by atoms with van der Waals surface area (Å²) >= 11 is 0. The van der Waals surface area contributed by atoms with Crippen LogP contribution in [0.1, 0.15) is 5.56 Å². The number of halogens is 1. The normalized spacial score (nSPS) is 10.4. The van der Waals surface area contributed by atoms with Crippen molar-refractivity contribution in [3.05, 3.63) is 48.2 Å². The highest BCUT2D eigenvalue weighted by molar-refractivity contribution is 5.63. The lowest BCUT2D eigenvalue weighted by Crippen LogP contribution is -1.97. The second-order valence-electron chi connectivity index (χ2n) is 3.03. The van der Waals surface area contributed by atoms with E-state index in [1.54, 1.807) is 12.1 Å². The lowest BCUT2D eigenvalue weighted by Gasteiger charge is -2.02. The van der Waals surface area contributed by atoms with Gasteiger partial charge in [-0.15, -0.1) is 0 Å². The molecule has 2 nitrogen and oxygen atoms in total. The van der Waals surface area contributed by atoms with Gasteiger partial charge in [0.1, 0.15) is 5.82 Å². The Morgan fingerprint density at radius 3 is 2.71 bits per heavy atom. The molecular weight excluding hydrogens is 181 g/mol.